The number of nitrogens with zero attached hydrogens (tertiary/aromatic N) is 3. The Kier molecular flexibility index (Phi) is 14.1. The molecule has 0 fully saturated rings. The molecule has 6 heteroatoms. The summed E-state index contributed by atoms with van der Waals surface area (Å²) in [7, 11) is 0. The molecule has 9 aromatic rings. The summed E-state index contributed by atoms with van der Waals surface area (Å²) in [6.45, 7) is 36.1. The maximum Gasteiger partial charge on any atom is 0 e. The summed E-state index contributed by atoms with van der Waals surface area (Å²) < 4.78 is 5.02. The van der Waals surface area contributed by atoms with E-state index in [9.17, 15) is 5.11 Å². The van der Waals surface area contributed by atoms with E-state index >= 15 is 0 Å². The third kappa shape index (κ3) is 10.4. The first-order chi connectivity index (χ1) is 33.2. The maximum absolute atomic E-state index is 12.6. The predicted octanol–water partition coefficient (Wildman–Crippen LogP) is 17.6. The minimum absolute atomic E-state index is 0. The summed E-state index contributed by atoms with van der Waals surface area (Å²) >= 11 is 0.0441. The van der Waals surface area contributed by atoms with Gasteiger partial charge in [0.1, 0.15) is 0 Å². The van der Waals surface area contributed by atoms with Crippen molar-refractivity contribution < 1.29 is 26.2 Å². The Labute approximate surface area is 450 Å². The molecular weight excluding hydrogens is 1120 g/mol. The van der Waals surface area contributed by atoms with Crippen LogP contribution in [0.1, 0.15) is 137 Å². The van der Waals surface area contributed by atoms with Gasteiger partial charge in [-0.15, -0.1) is 0 Å². The van der Waals surface area contributed by atoms with Crippen molar-refractivity contribution in [1.29, 1.82) is 0 Å². The van der Waals surface area contributed by atoms with E-state index in [0.717, 1.165) is 67.8 Å². The monoisotopic (exact) mass is 1200 g/mol. The number of para-hydroxylation sites is 1. The van der Waals surface area contributed by atoms with Gasteiger partial charge in [-0.3, -0.25) is 0 Å². The number of rotatable bonds is 7. The zero-order chi connectivity index (χ0) is 51.2. The molecule has 3 aromatic heterocycles. The molecule has 3 heterocycles. The molecule has 0 saturated carbocycles. The molecule has 0 radical (unpaired) electrons. The van der Waals surface area contributed by atoms with Crippen molar-refractivity contribution in [3.63, 3.8) is 0 Å². The van der Waals surface area contributed by atoms with E-state index < -0.39 is 0 Å². The quantitative estimate of drug-likeness (QED) is 0.128. The molecule has 0 aliphatic carbocycles. The standard InChI is InChI=1S/C66H72N3OSe.Pt/c1-40-49-31-32-67-56(60(49)71-59(40)43-27-25-41(26-28-43)39-62(2,3)4)45-33-44(34-47(35-45)64(8,9)10)50-23-20-24-55-57(50)68-61(52-37-48(65(11,12)13)38-53(58(52)70)66(14,15)16)69(55)54-30-29-46(63(5,6)7)36-51(54)42-21-18-17-19-22-42;/h17-32,34-38,70H,39H2,1-16H3;/q-1;. The fourth-order valence-electron chi connectivity index (χ4n) is 9.87. The minimum Gasteiger partial charge on any atom is 0 e. The third-order valence-corrected chi connectivity index (χ3v) is 16.8. The van der Waals surface area contributed by atoms with Crippen LogP contribution in [0.4, 0.5) is 0 Å². The number of fused-ring (bicyclic) bond motifs is 2. The molecule has 6 aromatic carbocycles. The van der Waals surface area contributed by atoms with Crippen molar-refractivity contribution in [2.75, 3.05) is 0 Å². The number of aromatic hydroxyl groups is 1. The summed E-state index contributed by atoms with van der Waals surface area (Å²) in [6.07, 6.45) is 3.03. The molecular formula is C66H72N3OPtSe-. The van der Waals surface area contributed by atoms with Gasteiger partial charge in [-0.25, -0.2) is 0 Å². The van der Waals surface area contributed by atoms with Gasteiger partial charge in [-0.05, 0) is 21.8 Å². The zero-order valence-corrected chi connectivity index (χ0v) is 49.3. The summed E-state index contributed by atoms with van der Waals surface area (Å²) in [6, 6.07) is 48.5. The van der Waals surface area contributed by atoms with Crippen LogP contribution in [0.5, 0.6) is 5.75 Å². The average Bonchev–Trinajstić information content (AvgIpc) is 3.85. The molecule has 9 rings (SSSR count). The fourth-order valence-corrected chi connectivity index (χ4v) is 12.6. The molecule has 0 unspecified atom stereocenters. The van der Waals surface area contributed by atoms with Crippen molar-refractivity contribution in [2.45, 2.75) is 139 Å². The van der Waals surface area contributed by atoms with Crippen molar-refractivity contribution in [3.05, 3.63) is 167 Å². The van der Waals surface area contributed by atoms with Crippen LogP contribution in [0.25, 0.3) is 81.3 Å². The van der Waals surface area contributed by atoms with E-state index in [1.54, 1.807) is 0 Å². The molecule has 0 aliphatic heterocycles. The molecule has 4 nitrogen and oxygen atoms in total. The topological polar surface area (TPSA) is 50.9 Å². The summed E-state index contributed by atoms with van der Waals surface area (Å²) in [4.78, 5) is 10.9. The number of phenolic OH excluding ortho intramolecular Hbond substituents is 1. The van der Waals surface area contributed by atoms with Gasteiger partial charge in [0.2, 0.25) is 0 Å². The Morgan fingerprint density at radius 2 is 1.21 bits per heavy atom. The zero-order valence-electron chi connectivity index (χ0n) is 45.3. The number of pyridine rings is 1. The van der Waals surface area contributed by atoms with E-state index in [1.165, 1.54) is 41.9 Å². The molecule has 1 N–H and O–H groups in total. The molecule has 0 amide bonds. The molecule has 0 saturated heterocycles. The second-order valence-corrected chi connectivity index (χ2v) is 27.3. The first-order valence-corrected chi connectivity index (χ1v) is 27.0. The van der Waals surface area contributed by atoms with Gasteiger partial charge in [0.15, 0.2) is 0 Å². The van der Waals surface area contributed by atoms with E-state index in [0.29, 0.717) is 11.4 Å². The number of benzene rings is 6. The van der Waals surface area contributed by atoms with Crippen molar-refractivity contribution in [2.24, 2.45) is 5.41 Å². The van der Waals surface area contributed by atoms with Gasteiger partial charge in [-0.2, -0.15) is 0 Å². The van der Waals surface area contributed by atoms with Crippen LogP contribution in [0, 0.1) is 18.4 Å². The number of hydrogen-bond donors (Lipinski definition) is 1. The van der Waals surface area contributed by atoms with Crippen LogP contribution in [-0.4, -0.2) is 34.1 Å². The third-order valence-electron chi connectivity index (χ3n) is 14.0. The van der Waals surface area contributed by atoms with Crippen LogP contribution in [0.15, 0.2) is 128 Å². The van der Waals surface area contributed by atoms with Crippen molar-refractivity contribution in [1.82, 2.24) is 14.5 Å². The Bertz CT molecular complexity index is 3470. The largest absolute Gasteiger partial charge is 0 e. The minimum atomic E-state index is -0.330. The Hall–Kier alpha value is -5.31. The van der Waals surface area contributed by atoms with Crippen LogP contribution in [0.3, 0.4) is 0 Å². The van der Waals surface area contributed by atoms with E-state index in [2.05, 4.69) is 243 Å². The van der Waals surface area contributed by atoms with E-state index in [1.807, 2.05) is 6.20 Å². The van der Waals surface area contributed by atoms with Gasteiger partial charge in [0, 0.05) is 21.1 Å². The molecule has 0 spiro atoms. The van der Waals surface area contributed by atoms with Crippen LogP contribution in [-0.2, 0) is 49.1 Å². The number of imidazole rings is 1. The second kappa shape index (κ2) is 19.2. The van der Waals surface area contributed by atoms with Crippen molar-refractivity contribution in [3.8, 4) is 66.3 Å². The molecule has 72 heavy (non-hydrogen) atoms. The van der Waals surface area contributed by atoms with Crippen LogP contribution >= 0.6 is 0 Å². The van der Waals surface area contributed by atoms with Crippen LogP contribution < -0.4 is 0 Å². The fraction of sp³-hybridized carbons (Fsp3) is 0.333. The van der Waals surface area contributed by atoms with Gasteiger partial charge >= 0.3 is 312 Å². The Morgan fingerprint density at radius 3 is 1.83 bits per heavy atom. The summed E-state index contributed by atoms with van der Waals surface area (Å²) in [5.41, 5.74) is 17.6. The van der Waals surface area contributed by atoms with Gasteiger partial charge in [0.05, 0.1) is 0 Å². The SMILES string of the molecule is Cc1c(-c2ccc(CC(C)(C)C)cc2)[se]c2c(-c3[c-]c(-c4cccc5c4nc(-c4cc(C(C)(C)C)cc(C(C)(C)C)c4O)n5-c4ccc(C(C)(C)C)cc4-c4ccccc4)cc(C(C)(C)C)c3)nccc12.[Pt]. The second-order valence-electron chi connectivity index (χ2n) is 25.2. The normalized spacial score (nSPS) is 12.7. The molecule has 0 aliphatic rings. The van der Waals surface area contributed by atoms with Gasteiger partial charge < -0.3 is 0 Å². The first kappa shape index (κ1) is 53.0. The van der Waals surface area contributed by atoms with Crippen molar-refractivity contribution >= 4 is 35.2 Å². The van der Waals surface area contributed by atoms with Crippen LogP contribution in [0.2, 0.25) is 0 Å². The number of aryl methyl sites for hydroxylation is 1. The predicted molar refractivity (Wildman–Crippen MR) is 304 cm³/mol. The smallest absolute Gasteiger partial charge is 0 e. The number of aromatic nitrogens is 3. The average molecular weight is 1200 g/mol. The maximum atomic E-state index is 12.6. The van der Waals surface area contributed by atoms with Gasteiger partial charge in [0.25, 0.3) is 0 Å². The first-order valence-electron chi connectivity index (χ1n) is 25.3. The van der Waals surface area contributed by atoms with E-state index in [-0.39, 0.29) is 68.4 Å². The molecule has 0 atom stereocenters. The van der Waals surface area contributed by atoms with Gasteiger partial charge in [-0.1, -0.05) is 98.7 Å². The summed E-state index contributed by atoms with van der Waals surface area (Å²) in [5, 5.41) is 13.9. The Balaban J connectivity index is 0.00000693. The molecule has 0 bridgehead atoms. The number of phenols is 1. The number of hydrogen-bond acceptors (Lipinski definition) is 3. The van der Waals surface area contributed by atoms with E-state index in [4.69, 9.17) is 9.97 Å². The molecule has 374 valence electrons. The Morgan fingerprint density at radius 1 is 0.583 bits per heavy atom. The summed E-state index contributed by atoms with van der Waals surface area (Å²) in [5.74, 6) is 0.954.